The van der Waals surface area contributed by atoms with Crippen LogP contribution in [-0.4, -0.2) is 11.6 Å². The van der Waals surface area contributed by atoms with Crippen molar-refractivity contribution in [1.82, 2.24) is 4.98 Å². The molecule has 0 spiro atoms. The van der Waals surface area contributed by atoms with Crippen LogP contribution in [0.4, 0.5) is 0 Å². The van der Waals surface area contributed by atoms with Crippen molar-refractivity contribution in [2.45, 2.75) is 13.5 Å². The lowest BCUT2D eigenvalue weighted by molar-refractivity contribution is 0.131. The van der Waals surface area contributed by atoms with Gasteiger partial charge in [-0.3, -0.25) is 4.79 Å². The maximum atomic E-state index is 11.1. The molecule has 0 aliphatic rings. The molecule has 0 aromatic carbocycles. The van der Waals surface area contributed by atoms with Crippen molar-refractivity contribution in [1.29, 1.82) is 5.26 Å². The van der Waals surface area contributed by atoms with Crippen LogP contribution in [-0.2, 0) is 11.3 Å². The van der Waals surface area contributed by atoms with Gasteiger partial charge in [-0.1, -0.05) is 0 Å². The molecule has 0 saturated carbocycles. The summed E-state index contributed by atoms with van der Waals surface area (Å²) in [6, 6.07) is 4.96. The lowest BCUT2D eigenvalue weighted by atomic mass is 10.3. The van der Waals surface area contributed by atoms with Crippen molar-refractivity contribution in [3.8, 4) is 6.07 Å². The number of pyridine rings is 1. The molecule has 0 saturated heterocycles. The Labute approximate surface area is 75.8 Å². The molecule has 0 atom stereocenters. The van der Waals surface area contributed by atoms with Gasteiger partial charge in [0.15, 0.2) is 0 Å². The third kappa shape index (κ3) is 2.42. The maximum absolute atomic E-state index is 11.1. The quantitative estimate of drug-likeness (QED) is 0.743. The van der Waals surface area contributed by atoms with Crippen molar-refractivity contribution in [2.24, 2.45) is 0 Å². The van der Waals surface area contributed by atoms with Crippen molar-refractivity contribution in [3.05, 3.63) is 33.7 Å². The van der Waals surface area contributed by atoms with Crippen molar-refractivity contribution >= 4 is 0 Å². The summed E-state index contributed by atoms with van der Waals surface area (Å²) in [4.78, 5) is 13.7. The highest BCUT2D eigenvalue weighted by atomic mass is 16.5. The average molecular weight is 178 g/mol. The molecule has 4 nitrogen and oxygen atoms in total. The summed E-state index contributed by atoms with van der Waals surface area (Å²) in [5, 5.41) is 8.48. The fraction of sp³-hybridized carbons (Fsp3) is 0.333. The Hall–Kier alpha value is -1.60. The molecule has 68 valence electrons. The summed E-state index contributed by atoms with van der Waals surface area (Å²) in [5.41, 5.74) is 0.450. The third-order valence-electron chi connectivity index (χ3n) is 1.55. The summed E-state index contributed by atoms with van der Waals surface area (Å²) < 4.78 is 5.10. The van der Waals surface area contributed by atoms with Crippen LogP contribution in [0.1, 0.15) is 18.2 Å². The Balaban J connectivity index is 2.85. The monoisotopic (exact) mass is 178 g/mol. The molecule has 1 rings (SSSR count). The zero-order valence-electron chi connectivity index (χ0n) is 7.33. The van der Waals surface area contributed by atoms with Crippen LogP contribution in [0.3, 0.4) is 0 Å². The SMILES string of the molecule is CCOCc1ccc(C#N)c(=O)[nH]1. The fourth-order valence-electron chi connectivity index (χ4n) is 0.899. The Kier molecular flexibility index (Phi) is 3.23. The van der Waals surface area contributed by atoms with Crippen molar-refractivity contribution in [3.63, 3.8) is 0 Å². The van der Waals surface area contributed by atoms with Crippen LogP contribution in [0.15, 0.2) is 16.9 Å². The van der Waals surface area contributed by atoms with Gasteiger partial charge in [-0.15, -0.1) is 0 Å². The summed E-state index contributed by atoms with van der Waals surface area (Å²) >= 11 is 0. The molecule has 0 aliphatic heterocycles. The van der Waals surface area contributed by atoms with Gasteiger partial charge in [0.25, 0.3) is 5.56 Å². The number of aromatic amines is 1. The van der Waals surface area contributed by atoms with Crippen molar-refractivity contribution in [2.75, 3.05) is 6.61 Å². The predicted molar refractivity (Wildman–Crippen MR) is 47.1 cm³/mol. The van der Waals surface area contributed by atoms with E-state index < -0.39 is 0 Å². The number of H-pyrrole nitrogens is 1. The van der Waals surface area contributed by atoms with E-state index in [1.54, 1.807) is 12.1 Å². The first-order chi connectivity index (χ1) is 6.27. The Morgan fingerprint density at radius 3 is 2.92 bits per heavy atom. The molecule has 1 N–H and O–H groups in total. The molecule has 0 bridgehead atoms. The molecule has 4 heteroatoms. The standard InChI is InChI=1S/C9H10N2O2/c1-2-13-6-8-4-3-7(5-10)9(12)11-8/h3-4H,2,6H2,1H3,(H,11,12). The molecule has 0 unspecified atom stereocenters. The summed E-state index contributed by atoms with van der Waals surface area (Å²) in [6.45, 7) is 2.85. The van der Waals surface area contributed by atoms with E-state index in [2.05, 4.69) is 4.98 Å². The number of aromatic nitrogens is 1. The number of nitrogens with zero attached hydrogens (tertiary/aromatic N) is 1. The highest BCUT2D eigenvalue weighted by Gasteiger charge is 1.98. The smallest absolute Gasteiger partial charge is 0.266 e. The molecule has 1 heterocycles. The Bertz CT molecular complexity index is 376. The second-order valence-electron chi connectivity index (χ2n) is 2.48. The van der Waals surface area contributed by atoms with Gasteiger partial charge in [-0.2, -0.15) is 5.26 Å². The van der Waals surface area contributed by atoms with E-state index in [-0.39, 0.29) is 11.1 Å². The van der Waals surface area contributed by atoms with Gasteiger partial charge in [0.1, 0.15) is 11.6 Å². The van der Waals surface area contributed by atoms with Gasteiger partial charge < -0.3 is 9.72 Å². The van der Waals surface area contributed by atoms with Gasteiger partial charge in [0.05, 0.1) is 6.61 Å². The first-order valence-corrected chi connectivity index (χ1v) is 3.98. The summed E-state index contributed by atoms with van der Waals surface area (Å²) in [5.74, 6) is 0. The molecule has 0 radical (unpaired) electrons. The lowest BCUT2D eigenvalue weighted by Gasteiger charge is -2.00. The topological polar surface area (TPSA) is 65.9 Å². The number of hydrogen-bond acceptors (Lipinski definition) is 3. The first kappa shape index (κ1) is 9.49. The zero-order valence-corrected chi connectivity index (χ0v) is 7.33. The fourth-order valence-corrected chi connectivity index (χ4v) is 0.899. The van der Waals surface area contributed by atoms with E-state index in [0.29, 0.717) is 18.9 Å². The van der Waals surface area contributed by atoms with E-state index in [0.717, 1.165) is 0 Å². The molecule has 0 fully saturated rings. The maximum Gasteiger partial charge on any atom is 0.266 e. The van der Waals surface area contributed by atoms with E-state index >= 15 is 0 Å². The van der Waals surface area contributed by atoms with E-state index in [9.17, 15) is 4.79 Å². The van der Waals surface area contributed by atoms with Crippen LogP contribution in [0.2, 0.25) is 0 Å². The molecular formula is C9H10N2O2. The minimum atomic E-state index is -0.361. The van der Waals surface area contributed by atoms with E-state index in [1.807, 2.05) is 6.92 Å². The molecule has 0 amide bonds. The summed E-state index contributed by atoms with van der Waals surface area (Å²) in [7, 11) is 0. The highest BCUT2D eigenvalue weighted by molar-refractivity contribution is 5.26. The second-order valence-corrected chi connectivity index (χ2v) is 2.48. The minimum Gasteiger partial charge on any atom is -0.376 e. The summed E-state index contributed by atoms with van der Waals surface area (Å²) in [6.07, 6.45) is 0. The minimum absolute atomic E-state index is 0.125. The van der Waals surface area contributed by atoms with Crippen LogP contribution in [0.25, 0.3) is 0 Å². The molecule has 13 heavy (non-hydrogen) atoms. The van der Waals surface area contributed by atoms with Crippen LogP contribution < -0.4 is 5.56 Å². The molecular weight excluding hydrogens is 168 g/mol. The number of ether oxygens (including phenoxy) is 1. The van der Waals surface area contributed by atoms with E-state index in [1.165, 1.54) is 6.07 Å². The molecule has 1 aromatic heterocycles. The lowest BCUT2D eigenvalue weighted by Crippen LogP contribution is -2.12. The van der Waals surface area contributed by atoms with Crippen molar-refractivity contribution < 1.29 is 4.74 Å². The second kappa shape index (κ2) is 4.43. The van der Waals surface area contributed by atoms with Crippen LogP contribution >= 0.6 is 0 Å². The number of rotatable bonds is 3. The number of nitriles is 1. The average Bonchev–Trinajstić information content (AvgIpc) is 2.15. The Morgan fingerprint density at radius 2 is 2.38 bits per heavy atom. The van der Waals surface area contributed by atoms with Gasteiger partial charge in [0.2, 0.25) is 0 Å². The Morgan fingerprint density at radius 1 is 1.62 bits per heavy atom. The normalized spacial score (nSPS) is 9.54. The predicted octanol–water partition coefficient (Wildman–Crippen LogP) is 0.783. The van der Waals surface area contributed by atoms with Gasteiger partial charge >= 0.3 is 0 Å². The largest absolute Gasteiger partial charge is 0.376 e. The molecule has 1 aromatic rings. The van der Waals surface area contributed by atoms with Gasteiger partial charge in [0, 0.05) is 12.3 Å². The van der Waals surface area contributed by atoms with Crippen LogP contribution in [0.5, 0.6) is 0 Å². The van der Waals surface area contributed by atoms with Gasteiger partial charge in [-0.05, 0) is 19.1 Å². The van der Waals surface area contributed by atoms with Gasteiger partial charge in [-0.25, -0.2) is 0 Å². The highest BCUT2D eigenvalue weighted by Crippen LogP contribution is 1.95. The number of hydrogen-bond donors (Lipinski definition) is 1. The zero-order chi connectivity index (χ0) is 9.68. The van der Waals surface area contributed by atoms with E-state index in [4.69, 9.17) is 10.00 Å². The molecule has 0 aliphatic carbocycles. The first-order valence-electron chi connectivity index (χ1n) is 3.98. The third-order valence-corrected chi connectivity index (χ3v) is 1.55. The van der Waals surface area contributed by atoms with Crippen LogP contribution in [0, 0.1) is 11.3 Å². The number of nitrogens with one attached hydrogen (secondary N) is 1.